The lowest BCUT2D eigenvalue weighted by Gasteiger charge is -2.45. The van der Waals surface area contributed by atoms with Crippen LogP contribution in [0.15, 0.2) is 0 Å². The quantitative estimate of drug-likeness (QED) is 0.679. The summed E-state index contributed by atoms with van der Waals surface area (Å²) in [5.74, 6) is -0.0420. The molecular formula is C18H33NO7Si. The minimum absolute atomic E-state index is 0.0149. The van der Waals surface area contributed by atoms with E-state index >= 15 is 0 Å². The summed E-state index contributed by atoms with van der Waals surface area (Å²) in [4.78, 5) is 24.8. The molecule has 27 heavy (non-hydrogen) atoms. The molecule has 0 saturated carbocycles. The van der Waals surface area contributed by atoms with Crippen LogP contribution in [0.3, 0.4) is 0 Å². The van der Waals surface area contributed by atoms with E-state index in [-0.39, 0.29) is 11.6 Å². The molecule has 2 rings (SSSR count). The Morgan fingerprint density at radius 1 is 1.37 bits per heavy atom. The van der Waals surface area contributed by atoms with Gasteiger partial charge in [-0.05, 0) is 24.1 Å². The van der Waals surface area contributed by atoms with Gasteiger partial charge >= 0.3 is 6.09 Å². The summed E-state index contributed by atoms with van der Waals surface area (Å²) in [5, 5.41) is 10.7. The van der Waals surface area contributed by atoms with Crippen molar-refractivity contribution < 1.29 is 33.3 Å². The van der Waals surface area contributed by atoms with Gasteiger partial charge in [0.15, 0.2) is 20.7 Å². The summed E-state index contributed by atoms with van der Waals surface area (Å²) in [6.45, 7) is 14.4. The zero-order valence-electron chi connectivity index (χ0n) is 17.5. The van der Waals surface area contributed by atoms with Gasteiger partial charge in [0.05, 0.1) is 6.61 Å². The number of fused-ring (bicyclic) bond motifs is 1. The third-order valence-electron chi connectivity index (χ3n) is 6.55. The molecule has 1 N–H and O–H groups in total. The van der Waals surface area contributed by atoms with Gasteiger partial charge in [0, 0.05) is 14.0 Å². The second-order valence-electron chi connectivity index (χ2n) is 8.69. The zero-order valence-corrected chi connectivity index (χ0v) is 18.5. The number of carbonyl (C=O) groups excluding carboxylic acids is 2. The number of aliphatic hydroxyl groups is 1. The Kier molecular flexibility index (Phi) is 6.43. The van der Waals surface area contributed by atoms with E-state index in [2.05, 4.69) is 40.8 Å². The molecule has 5 atom stereocenters. The number of rotatable bonds is 6. The predicted molar refractivity (Wildman–Crippen MR) is 101 cm³/mol. The molecule has 0 aromatic carbocycles. The summed E-state index contributed by atoms with van der Waals surface area (Å²) < 4.78 is 22.8. The maximum absolute atomic E-state index is 12.1. The van der Waals surface area contributed by atoms with Gasteiger partial charge in [0.25, 0.3) is 0 Å². The Morgan fingerprint density at radius 2 is 1.96 bits per heavy atom. The lowest BCUT2D eigenvalue weighted by molar-refractivity contribution is -0.257. The second-order valence-corrected chi connectivity index (χ2v) is 13.3. The van der Waals surface area contributed by atoms with Crippen LogP contribution in [-0.2, 0) is 23.4 Å². The minimum atomic E-state index is -2.12. The van der Waals surface area contributed by atoms with Crippen molar-refractivity contribution in [2.75, 3.05) is 13.7 Å². The topological polar surface area (TPSA) is 94.5 Å². The molecular weight excluding hydrogens is 370 g/mol. The third-order valence-corrected chi connectivity index (χ3v) is 11.1. The number of imide groups is 1. The summed E-state index contributed by atoms with van der Waals surface area (Å²) in [6, 6.07) is -0.816. The zero-order chi connectivity index (χ0) is 20.7. The smallest absolute Gasteiger partial charge is 0.417 e. The fraction of sp³-hybridized carbons (Fsp3) is 0.889. The molecule has 0 spiro atoms. The fourth-order valence-corrected chi connectivity index (χ4v) is 5.79. The third kappa shape index (κ3) is 3.93. The predicted octanol–water partition coefficient (Wildman–Crippen LogP) is 2.11. The van der Waals surface area contributed by atoms with Crippen LogP contribution in [0, 0.1) is 5.92 Å². The van der Waals surface area contributed by atoms with E-state index < -0.39 is 51.0 Å². The number of hydrogen-bond acceptors (Lipinski definition) is 7. The second kappa shape index (κ2) is 7.79. The highest BCUT2D eigenvalue weighted by molar-refractivity contribution is 6.74. The van der Waals surface area contributed by atoms with E-state index in [1.807, 2.05) is 0 Å². The van der Waals surface area contributed by atoms with E-state index in [4.69, 9.17) is 18.6 Å². The number of methoxy groups -OCH3 is 1. The number of amides is 2. The Balaban J connectivity index is 2.15. The molecule has 0 aliphatic carbocycles. The summed E-state index contributed by atoms with van der Waals surface area (Å²) >= 11 is 0. The summed E-state index contributed by atoms with van der Waals surface area (Å²) in [5.41, 5.74) is 0. The average molecular weight is 404 g/mol. The van der Waals surface area contributed by atoms with Crippen LogP contribution in [0.1, 0.15) is 34.6 Å². The molecule has 0 bridgehead atoms. The minimum Gasteiger partial charge on any atom is -0.440 e. The van der Waals surface area contributed by atoms with Gasteiger partial charge in [-0.3, -0.25) is 4.79 Å². The Hall–Kier alpha value is -1.00. The Morgan fingerprint density at radius 3 is 2.44 bits per heavy atom. The average Bonchev–Trinajstić information content (AvgIpc) is 2.91. The van der Waals surface area contributed by atoms with E-state index in [0.717, 1.165) is 4.90 Å². The molecule has 2 aliphatic heterocycles. The number of ether oxygens (including phenoxy) is 3. The molecule has 2 heterocycles. The van der Waals surface area contributed by atoms with Crippen LogP contribution < -0.4 is 0 Å². The number of carbonyl (C=O) groups is 2. The monoisotopic (exact) mass is 403 g/mol. The first-order valence-corrected chi connectivity index (χ1v) is 12.3. The molecule has 8 nitrogen and oxygen atoms in total. The number of aliphatic hydroxyl groups excluding tert-OH is 1. The number of hydrogen-bond donors (Lipinski definition) is 1. The Labute approximate surface area is 162 Å². The molecule has 2 aliphatic rings. The van der Waals surface area contributed by atoms with Crippen LogP contribution in [0.5, 0.6) is 0 Å². The standard InChI is InChI=1S/C18H33NO7Si/c1-10(2)18(4,5)27(7,8)24-9-12-14(21)15-13(16(23-6)25-12)19(11(3)20)17(22)26-15/h10,12-16,21H,9H2,1-8H3/t12-,13-,14-,15-,16-/m1/s1. The van der Waals surface area contributed by atoms with Crippen LogP contribution in [0.2, 0.25) is 18.1 Å². The Bertz CT molecular complexity index is 580. The van der Waals surface area contributed by atoms with Crippen LogP contribution in [-0.4, -0.2) is 74.7 Å². The molecule has 0 radical (unpaired) electrons. The van der Waals surface area contributed by atoms with Gasteiger partial charge < -0.3 is 23.7 Å². The molecule has 9 heteroatoms. The first-order valence-electron chi connectivity index (χ1n) is 9.35. The molecule has 2 amide bonds. The lowest BCUT2D eigenvalue weighted by Crippen LogP contribution is -2.62. The van der Waals surface area contributed by atoms with Gasteiger partial charge in [-0.25, -0.2) is 9.69 Å². The van der Waals surface area contributed by atoms with Crippen molar-refractivity contribution in [2.24, 2.45) is 5.92 Å². The largest absolute Gasteiger partial charge is 0.440 e. The maximum atomic E-state index is 12.1. The molecule has 2 fully saturated rings. The highest BCUT2D eigenvalue weighted by Gasteiger charge is 2.58. The summed E-state index contributed by atoms with van der Waals surface area (Å²) in [6.07, 6.45) is -4.41. The van der Waals surface area contributed by atoms with Crippen molar-refractivity contribution in [3.8, 4) is 0 Å². The van der Waals surface area contributed by atoms with Gasteiger partial charge in [-0.1, -0.05) is 27.7 Å². The van der Waals surface area contributed by atoms with E-state index in [0.29, 0.717) is 5.92 Å². The number of nitrogens with zero attached hydrogens (tertiary/aromatic N) is 1. The normalized spacial score (nSPS) is 31.9. The first-order chi connectivity index (χ1) is 12.3. The maximum Gasteiger partial charge on any atom is 0.417 e. The summed E-state index contributed by atoms with van der Waals surface area (Å²) in [7, 11) is -0.693. The molecule has 2 saturated heterocycles. The van der Waals surface area contributed by atoms with E-state index in [1.54, 1.807) is 0 Å². The molecule has 0 aromatic rings. The van der Waals surface area contributed by atoms with Crippen molar-refractivity contribution in [3.63, 3.8) is 0 Å². The van der Waals surface area contributed by atoms with E-state index in [1.165, 1.54) is 14.0 Å². The highest BCUT2D eigenvalue weighted by Crippen LogP contribution is 2.45. The van der Waals surface area contributed by atoms with Gasteiger partial charge in [0.2, 0.25) is 5.91 Å². The van der Waals surface area contributed by atoms with Gasteiger partial charge in [-0.2, -0.15) is 0 Å². The van der Waals surface area contributed by atoms with Crippen molar-refractivity contribution in [2.45, 2.75) is 83.4 Å². The first kappa shape index (κ1) is 22.3. The van der Waals surface area contributed by atoms with E-state index in [9.17, 15) is 14.7 Å². The van der Waals surface area contributed by atoms with Crippen molar-refractivity contribution >= 4 is 20.3 Å². The van der Waals surface area contributed by atoms with Gasteiger partial charge in [-0.15, -0.1) is 0 Å². The fourth-order valence-electron chi connectivity index (χ4n) is 3.45. The lowest BCUT2D eigenvalue weighted by atomic mass is 9.97. The van der Waals surface area contributed by atoms with Crippen molar-refractivity contribution in [1.82, 2.24) is 4.90 Å². The van der Waals surface area contributed by atoms with Crippen LogP contribution in [0.4, 0.5) is 4.79 Å². The van der Waals surface area contributed by atoms with Crippen molar-refractivity contribution in [3.05, 3.63) is 0 Å². The van der Waals surface area contributed by atoms with Crippen molar-refractivity contribution in [1.29, 1.82) is 0 Å². The van der Waals surface area contributed by atoms with Gasteiger partial charge in [0.1, 0.15) is 18.2 Å². The van der Waals surface area contributed by atoms with Crippen LogP contribution in [0.25, 0.3) is 0 Å². The highest BCUT2D eigenvalue weighted by atomic mass is 28.4. The molecule has 156 valence electrons. The molecule has 0 unspecified atom stereocenters. The SMILES string of the molecule is CO[C@@H]1O[C@H](CO[Si](C)(C)C(C)(C)C(C)C)[C@@H](O)[C@@H]2OC(=O)N(C(C)=O)[C@@H]12. The molecule has 0 aromatic heterocycles. The van der Waals surface area contributed by atoms with Crippen LogP contribution >= 0.6 is 0 Å².